The molecule has 0 saturated carbocycles. The van der Waals surface area contributed by atoms with Gasteiger partial charge in [-0.05, 0) is 53.8 Å². The van der Waals surface area contributed by atoms with E-state index in [2.05, 4.69) is 25.6 Å². The fraction of sp³-hybridized carbons (Fsp3) is 0.393. The minimum absolute atomic E-state index is 0.148. The molecule has 0 spiro atoms. The van der Waals surface area contributed by atoms with Gasteiger partial charge < -0.3 is 4.57 Å². The van der Waals surface area contributed by atoms with Gasteiger partial charge in [0.25, 0.3) is 0 Å². The van der Waals surface area contributed by atoms with Crippen LogP contribution in [0.3, 0.4) is 0 Å². The molecule has 0 amide bonds. The third kappa shape index (κ3) is 5.17. The van der Waals surface area contributed by atoms with Gasteiger partial charge in [-0.15, -0.1) is 5.10 Å². The summed E-state index contributed by atoms with van der Waals surface area (Å²) < 4.78 is 46.5. The van der Waals surface area contributed by atoms with E-state index in [0.717, 1.165) is 30.0 Å². The standard InChI is InChI=1S/C28H31F3N8O/c1-3-5-9-22-18-38(25-23(28(29,30)31)10-16-37(25)15-4-2)26(40)39(22)19-27(11-13-32-14-12-27)21-8-6-7-20(17-21)24-33-35-36-34-24/h6-8,10-11,13-14,16-18H,3-5,9,12,15,19H2,1-2H3,(H,33,34,35,36). The van der Waals surface area contributed by atoms with Crippen LogP contribution < -0.4 is 5.69 Å². The van der Waals surface area contributed by atoms with E-state index < -0.39 is 22.8 Å². The normalized spacial score (nSPS) is 17.1. The van der Waals surface area contributed by atoms with E-state index in [4.69, 9.17) is 0 Å². The monoisotopic (exact) mass is 552 g/mol. The number of nitrogens with zero attached hydrogens (tertiary/aromatic N) is 7. The third-order valence-electron chi connectivity index (χ3n) is 7.32. The molecule has 0 bridgehead atoms. The number of hydrogen-bond donors (Lipinski definition) is 1. The van der Waals surface area contributed by atoms with Gasteiger partial charge in [0.1, 0.15) is 5.82 Å². The molecule has 1 atom stereocenters. The summed E-state index contributed by atoms with van der Waals surface area (Å²) in [7, 11) is 0. The first kappa shape index (κ1) is 27.4. The van der Waals surface area contributed by atoms with Crippen LogP contribution in [0.2, 0.25) is 0 Å². The first-order chi connectivity index (χ1) is 19.3. The summed E-state index contributed by atoms with van der Waals surface area (Å²) in [6.45, 7) is 4.52. The van der Waals surface area contributed by atoms with Crippen molar-refractivity contribution in [3.05, 3.63) is 82.3 Å². The number of aliphatic imine (C=N–C) groups is 1. The van der Waals surface area contributed by atoms with Crippen molar-refractivity contribution in [2.75, 3.05) is 0 Å². The fourth-order valence-corrected chi connectivity index (χ4v) is 5.27. The quantitative estimate of drug-likeness (QED) is 0.288. The highest BCUT2D eigenvalue weighted by molar-refractivity contribution is 5.65. The molecule has 210 valence electrons. The fourth-order valence-electron chi connectivity index (χ4n) is 5.27. The lowest BCUT2D eigenvalue weighted by Gasteiger charge is -2.32. The molecule has 0 aliphatic carbocycles. The third-order valence-corrected chi connectivity index (χ3v) is 7.32. The van der Waals surface area contributed by atoms with E-state index in [1.54, 1.807) is 23.2 Å². The van der Waals surface area contributed by atoms with E-state index in [1.165, 1.54) is 15.3 Å². The molecule has 4 heterocycles. The minimum Gasteiger partial charge on any atom is -0.334 e. The molecule has 1 aliphatic heterocycles. The molecular formula is C28H31F3N8O. The average molecular weight is 553 g/mol. The molecule has 5 rings (SSSR count). The second kappa shape index (κ2) is 11.1. The van der Waals surface area contributed by atoms with Gasteiger partial charge in [0.15, 0.2) is 5.82 Å². The summed E-state index contributed by atoms with van der Waals surface area (Å²) in [5.41, 5.74) is 0.389. The Morgan fingerprint density at radius 1 is 1.15 bits per heavy atom. The van der Waals surface area contributed by atoms with Crippen molar-refractivity contribution in [3.8, 4) is 17.2 Å². The van der Waals surface area contributed by atoms with Crippen LogP contribution >= 0.6 is 0 Å². The van der Waals surface area contributed by atoms with Crippen molar-refractivity contribution in [2.24, 2.45) is 4.99 Å². The van der Waals surface area contributed by atoms with E-state index in [-0.39, 0.29) is 12.4 Å². The average Bonchev–Trinajstić information content (AvgIpc) is 3.69. The SMILES string of the molecule is CCCCc1cn(-c2c(C(F)(F)F)ccn2CCC)c(=O)n1CC1(c2cccc(-c3nnn[nH]3)c2)C=CN=CC1. The van der Waals surface area contributed by atoms with Gasteiger partial charge in [0.2, 0.25) is 0 Å². The second-order valence-corrected chi connectivity index (χ2v) is 10.0. The smallest absolute Gasteiger partial charge is 0.334 e. The molecule has 0 fully saturated rings. The number of allylic oxidation sites excluding steroid dienone is 1. The zero-order chi connectivity index (χ0) is 28.3. The Kier molecular flexibility index (Phi) is 7.59. The van der Waals surface area contributed by atoms with Crippen LogP contribution in [0.5, 0.6) is 0 Å². The molecule has 1 unspecified atom stereocenters. The Bertz CT molecular complexity index is 1580. The highest BCUT2D eigenvalue weighted by atomic mass is 19.4. The van der Waals surface area contributed by atoms with Crippen molar-refractivity contribution >= 4 is 6.21 Å². The summed E-state index contributed by atoms with van der Waals surface area (Å²) in [5.74, 6) is 0.360. The van der Waals surface area contributed by atoms with Crippen LogP contribution in [0.15, 0.2) is 64.8 Å². The molecule has 40 heavy (non-hydrogen) atoms. The van der Waals surface area contributed by atoms with Gasteiger partial charge in [-0.3, -0.25) is 14.1 Å². The largest absolute Gasteiger partial charge is 0.419 e. The molecular weight excluding hydrogens is 521 g/mol. The topological polar surface area (TPSA) is 98.7 Å². The lowest BCUT2D eigenvalue weighted by molar-refractivity contribution is -0.137. The summed E-state index contributed by atoms with van der Waals surface area (Å²) >= 11 is 0. The maximum Gasteiger partial charge on any atom is 0.419 e. The number of aromatic amines is 1. The number of halogens is 3. The van der Waals surface area contributed by atoms with Gasteiger partial charge >= 0.3 is 11.9 Å². The van der Waals surface area contributed by atoms with Crippen LogP contribution in [0.1, 0.15) is 56.4 Å². The molecule has 4 aromatic rings. The Labute approximate surface area is 229 Å². The van der Waals surface area contributed by atoms with Gasteiger partial charge in [0.05, 0.1) is 5.56 Å². The van der Waals surface area contributed by atoms with E-state index >= 15 is 0 Å². The Balaban J connectivity index is 1.65. The predicted molar refractivity (Wildman–Crippen MR) is 145 cm³/mol. The van der Waals surface area contributed by atoms with Gasteiger partial charge in [-0.1, -0.05) is 44.5 Å². The number of tetrazole rings is 1. The minimum atomic E-state index is -4.60. The summed E-state index contributed by atoms with van der Waals surface area (Å²) in [6, 6.07) is 8.77. The molecule has 1 aliphatic rings. The molecule has 3 aromatic heterocycles. The second-order valence-electron chi connectivity index (χ2n) is 10.0. The van der Waals surface area contributed by atoms with Gasteiger partial charge in [-0.25, -0.2) is 9.89 Å². The van der Waals surface area contributed by atoms with E-state index in [1.807, 2.05) is 44.2 Å². The number of aryl methyl sites for hydroxylation is 2. The van der Waals surface area contributed by atoms with Crippen molar-refractivity contribution in [1.29, 1.82) is 0 Å². The predicted octanol–water partition coefficient (Wildman–Crippen LogP) is 5.32. The highest BCUT2D eigenvalue weighted by Crippen LogP contribution is 2.37. The van der Waals surface area contributed by atoms with Gasteiger partial charge in [-0.2, -0.15) is 13.2 Å². The molecule has 9 nitrogen and oxygen atoms in total. The number of hydrogen-bond acceptors (Lipinski definition) is 5. The van der Waals surface area contributed by atoms with Crippen molar-refractivity contribution in [1.82, 2.24) is 34.3 Å². The maximum absolute atomic E-state index is 14.1. The number of aromatic nitrogens is 7. The number of benzene rings is 1. The molecule has 12 heteroatoms. The maximum atomic E-state index is 14.1. The zero-order valence-electron chi connectivity index (χ0n) is 22.4. The Hall–Kier alpha value is -4.22. The number of rotatable bonds is 10. The van der Waals surface area contributed by atoms with Crippen molar-refractivity contribution < 1.29 is 13.2 Å². The number of nitrogens with one attached hydrogen (secondary N) is 1. The number of H-pyrrole nitrogens is 1. The zero-order valence-corrected chi connectivity index (χ0v) is 22.4. The molecule has 1 aromatic carbocycles. The summed E-state index contributed by atoms with van der Waals surface area (Å²) in [6.07, 6.45) is 7.22. The van der Waals surface area contributed by atoms with Crippen LogP contribution in [0.25, 0.3) is 17.2 Å². The van der Waals surface area contributed by atoms with Crippen molar-refractivity contribution in [3.63, 3.8) is 0 Å². The van der Waals surface area contributed by atoms with Crippen LogP contribution in [-0.4, -0.2) is 40.5 Å². The number of imidazole rings is 1. The lowest BCUT2D eigenvalue weighted by Crippen LogP contribution is -2.37. The van der Waals surface area contributed by atoms with Crippen LogP contribution in [0, 0.1) is 0 Å². The number of alkyl halides is 3. The Morgan fingerprint density at radius 2 is 2.00 bits per heavy atom. The first-order valence-electron chi connectivity index (χ1n) is 13.4. The Morgan fingerprint density at radius 3 is 2.67 bits per heavy atom. The first-order valence-corrected chi connectivity index (χ1v) is 13.4. The molecule has 0 saturated heterocycles. The van der Waals surface area contributed by atoms with Crippen LogP contribution in [-0.2, 0) is 31.1 Å². The molecule has 1 N–H and O–H groups in total. The summed E-state index contributed by atoms with van der Waals surface area (Å²) in [4.78, 5) is 18.3. The molecule has 0 radical (unpaired) electrons. The lowest BCUT2D eigenvalue weighted by atomic mass is 9.76. The van der Waals surface area contributed by atoms with Gasteiger partial charge in [0, 0.05) is 54.6 Å². The van der Waals surface area contributed by atoms with E-state index in [0.29, 0.717) is 37.3 Å². The van der Waals surface area contributed by atoms with Crippen molar-refractivity contribution in [2.45, 2.75) is 70.6 Å². The number of unbranched alkanes of at least 4 members (excludes halogenated alkanes) is 1. The highest BCUT2D eigenvalue weighted by Gasteiger charge is 2.38. The summed E-state index contributed by atoms with van der Waals surface area (Å²) in [5, 5.41) is 14.1. The van der Waals surface area contributed by atoms with Crippen LogP contribution in [0.4, 0.5) is 13.2 Å². The van der Waals surface area contributed by atoms with E-state index in [9.17, 15) is 18.0 Å².